The van der Waals surface area contributed by atoms with Crippen LogP contribution in [0.4, 0.5) is 17.3 Å². The van der Waals surface area contributed by atoms with Crippen molar-refractivity contribution in [3.8, 4) is 17.1 Å². The number of nitrogen functional groups attached to an aromatic ring is 1. The highest BCUT2D eigenvalue weighted by Gasteiger charge is 2.32. The fourth-order valence-corrected chi connectivity index (χ4v) is 3.85. The molecule has 1 aromatic carbocycles. The first-order valence-electron chi connectivity index (χ1n) is 9.26. The third-order valence-electron chi connectivity index (χ3n) is 5.03. The molecule has 9 heteroatoms. The minimum Gasteiger partial charge on any atom is -0.493 e. The summed E-state index contributed by atoms with van der Waals surface area (Å²) in [6.45, 7) is 2.66. The van der Waals surface area contributed by atoms with Crippen LogP contribution in [-0.2, 0) is 0 Å². The Hall–Kier alpha value is -3.26. The lowest BCUT2D eigenvalue weighted by Crippen LogP contribution is -2.34. The number of nitrogens with zero attached hydrogens (tertiary/aromatic N) is 2. The molecule has 3 aromatic rings. The van der Waals surface area contributed by atoms with Crippen LogP contribution in [0.25, 0.3) is 11.4 Å². The van der Waals surface area contributed by atoms with E-state index in [2.05, 4.69) is 32.5 Å². The number of carbonyl (C=O) groups is 1. The van der Waals surface area contributed by atoms with Gasteiger partial charge < -0.3 is 26.1 Å². The summed E-state index contributed by atoms with van der Waals surface area (Å²) in [5.74, 6) is 0.647. The van der Waals surface area contributed by atoms with Crippen molar-refractivity contribution in [3.63, 3.8) is 0 Å². The minimum absolute atomic E-state index is 0.151. The molecule has 4 rings (SSSR count). The number of anilines is 3. The standard InChI is InChI=1S/C20H21ClN6O2/c1-3-10-9-24-19(28)14-15(10)27-16(12-7-8-23-20(22)26-12)17(14)25-13-6-4-5-11(21)18(13)29-2/h4-8,10,25,27H,3,9H2,1-2H3,(H,24,28)(H2,22,23,26). The van der Waals surface area contributed by atoms with E-state index in [1.807, 2.05) is 12.1 Å². The molecule has 1 unspecified atom stereocenters. The topological polar surface area (TPSA) is 118 Å². The first kappa shape index (κ1) is 19.1. The Labute approximate surface area is 172 Å². The van der Waals surface area contributed by atoms with Crippen molar-refractivity contribution in [2.75, 3.05) is 24.7 Å². The van der Waals surface area contributed by atoms with E-state index >= 15 is 0 Å². The Morgan fingerprint density at radius 3 is 2.93 bits per heavy atom. The van der Waals surface area contributed by atoms with E-state index in [0.717, 1.165) is 12.1 Å². The number of halogens is 1. The number of hydrogen-bond acceptors (Lipinski definition) is 6. The second-order valence-corrected chi connectivity index (χ2v) is 7.13. The van der Waals surface area contributed by atoms with Gasteiger partial charge in [-0.1, -0.05) is 24.6 Å². The zero-order valence-corrected chi connectivity index (χ0v) is 16.8. The molecule has 5 N–H and O–H groups in total. The average Bonchev–Trinajstić information content (AvgIpc) is 3.09. The number of hydrogen-bond donors (Lipinski definition) is 4. The van der Waals surface area contributed by atoms with Crippen LogP contribution in [0.5, 0.6) is 5.75 Å². The Balaban J connectivity index is 1.93. The molecular weight excluding hydrogens is 392 g/mol. The maximum absolute atomic E-state index is 12.8. The second-order valence-electron chi connectivity index (χ2n) is 6.72. The van der Waals surface area contributed by atoms with Gasteiger partial charge in [-0.25, -0.2) is 9.97 Å². The molecule has 0 fully saturated rings. The molecule has 0 bridgehead atoms. The average molecular weight is 413 g/mol. The first-order chi connectivity index (χ1) is 14.0. The van der Waals surface area contributed by atoms with Gasteiger partial charge >= 0.3 is 0 Å². The fourth-order valence-electron chi connectivity index (χ4n) is 3.60. The predicted molar refractivity (Wildman–Crippen MR) is 113 cm³/mol. The molecule has 0 saturated carbocycles. The van der Waals surface area contributed by atoms with E-state index in [-0.39, 0.29) is 17.8 Å². The van der Waals surface area contributed by atoms with Gasteiger partial charge in [0.25, 0.3) is 5.91 Å². The number of amides is 1. The molecule has 2 aromatic heterocycles. The molecule has 0 saturated heterocycles. The number of benzene rings is 1. The third kappa shape index (κ3) is 3.36. The van der Waals surface area contributed by atoms with Crippen molar-refractivity contribution >= 4 is 34.8 Å². The van der Waals surface area contributed by atoms with Gasteiger partial charge in [0.15, 0.2) is 5.75 Å². The normalized spacial score (nSPS) is 15.6. The summed E-state index contributed by atoms with van der Waals surface area (Å²) in [4.78, 5) is 24.5. The van der Waals surface area contributed by atoms with E-state index in [1.54, 1.807) is 25.4 Å². The lowest BCUT2D eigenvalue weighted by molar-refractivity contribution is 0.0940. The number of H-pyrrole nitrogens is 1. The van der Waals surface area contributed by atoms with Gasteiger partial charge in [-0.3, -0.25) is 4.79 Å². The van der Waals surface area contributed by atoms with Crippen LogP contribution in [0.2, 0.25) is 5.02 Å². The second kappa shape index (κ2) is 7.63. The Morgan fingerprint density at radius 2 is 2.21 bits per heavy atom. The summed E-state index contributed by atoms with van der Waals surface area (Å²) < 4.78 is 5.45. The number of carbonyl (C=O) groups excluding carboxylic acids is 1. The zero-order chi connectivity index (χ0) is 20.5. The maximum atomic E-state index is 12.8. The highest BCUT2D eigenvalue weighted by molar-refractivity contribution is 6.32. The molecule has 1 aliphatic heterocycles. The van der Waals surface area contributed by atoms with Crippen molar-refractivity contribution < 1.29 is 9.53 Å². The van der Waals surface area contributed by atoms with Crippen molar-refractivity contribution in [1.82, 2.24) is 20.3 Å². The van der Waals surface area contributed by atoms with Gasteiger partial charge in [0.1, 0.15) is 0 Å². The molecule has 0 spiro atoms. The van der Waals surface area contributed by atoms with Crippen molar-refractivity contribution in [2.45, 2.75) is 19.3 Å². The summed E-state index contributed by atoms with van der Waals surface area (Å²) in [6, 6.07) is 7.13. The van der Waals surface area contributed by atoms with Crippen LogP contribution in [0.3, 0.4) is 0 Å². The van der Waals surface area contributed by atoms with Crippen LogP contribution in [0.15, 0.2) is 30.5 Å². The molecule has 0 radical (unpaired) electrons. The number of aromatic amines is 1. The van der Waals surface area contributed by atoms with Gasteiger partial charge in [-0.2, -0.15) is 0 Å². The van der Waals surface area contributed by atoms with E-state index in [1.165, 1.54) is 0 Å². The van der Waals surface area contributed by atoms with Crippen molar-refractivity contribution in [3.05, 3.63) is 46.7 Å². The summed E-state index contributed by atoms with van der Waals surface area (Å²) >= 11 is 6.28. The third-order valence-corrected chi connectivity index (χ3v) is 5.32. The molecule has 150 valence electrons. The summed E-state index contributed by atoms with van der Waals surface area (Å²) in [5, 5.41) is 6.76. The van der Waals surface area contributed by atoms with Gasteiger partial charge in [0.2, 0.25) is 5.95 Å². The number of nitrogens with one attached hydrogen (secondary N) is 3. The number of rotatable bonds is 5. The summed E-state index contributed by atoms with van der Waals surface area (Å²) in [5.41, 5.74) is 9.68. The number of aromatic nitrogens is 3. The largest absolute Gasteiger partial charge is 0.493 e. The van der Waals surface area contributed by atoms with E-state index in [4.69, 9.17) is 22.1 Å². The van der Waals surface area contributed by atoms with Crippen LogP contribution < -0.4 is 21.1 Å². The molecule has 1 amide bonds. The monoisotopic (exact) mass is 412 g/mol. The van der Waals surface area contributed by atoms with E-state index in [9.17, 15) is 4.79 Å². The molecule has 29 heavy (non-hydrogen) atoms. The van der Waals surface area contributed by atoms with Crippen LogP contribution in [-0.4, -0.2) is 34.5 Å². The first-order valence-corrected chi connectivity index (χ1v) is 9.63. The molecule has 1 atom stereocenters. The molecule has 3 heterocycles. The van der Waals surface area contributed by atoms with Gasteiger partial charge in [-0.05, 0) is 24.6 Å². The van der Waals surface area contributed by atoms with Crippen LogP contribution in [0.1, 0.15) is 35.3 Å². The number of nitrogens with two attached hydrogens (primary N) is 1. The maximum Gasteiger partial charge on any atom is 0.255 e. The fraction of sp³-hybridized carbons (Fsp3) is 0.250. The molecular formula is C20H21ClN6O2. The number of methoxy groups -OCH3 is 1. The van der Waals surface area contributed by atoms with Gasteiger partial charge in [0, 0.05) is 24.4 Å². The minimum atomic E-state index is -0.155. The Morgan fingerprint density at radius 1 is 1.38 bits per heavy atom. The van der Waals surface area contributed by atoms with Crippen molar-refractivity contribution in [2.24, 2.45) is 0 Å². The quantitative estimate of drug-likeness (QED) is 0.507. The summed E-state index contributed by atoms with van der Waals surface area (Å²) in [6.07, 6.45) is 2.46. The number of fused-ring (bicyclic) bond motifs is 1. The molecule has 0 aliphatic carbocycles. The van der Waals surface area contributed by atoms with E-state index < -0.39 is 0 Å². The lowest BCUT2D eigenvalue weighted by atomic mass is 9.94. The Kier molecular flexibility index (Phi) is 5.02. The number of para-hydroxylation sites is 1. The van der Waals surface area contributed by atoms with Crippen LogP contribution in [0, 0.1) is 0 Å². The number of ether oxygens (including phenoxy) is 1. The van der Waals surface area contributed by atoms with Gasteiger partial charge in [0.05, 0.1) is 40.5 Å². The predicted octanol–water partition coefficient (Wildman–Crippen LogP) is 3.70. The van der Waals surface area contributed by atoms with E-state index in [0.29, 0.717) is 45.6 Å². The molecule has 8 nitrogen and oxygen atoms in total. The zero-order valence-electron chi connectivity index (χ0n) is 16.0. The summed E-state index contributed by atoms with van der Waals surface area (Å²) in [7, 11) is 1.55. The van der Waals surface area contributed by atoms with Crippen LogP contribution >= 0.6 is 11.6 Å². The Bertz CT molecular complexity index is 1080. The highest BCUT2D eigenvalue weighted by Crippen LogP contribution is 2.42. The SMILES string of the molecule is CCC1CNC(=O)c2c1[nH]c(-c1ccnc(N)n1)c2Nc1cccc(Cl)c1OC. The smallest absolute Gasteiger partial charge is 0.255 e. The molecule has 1 aliphatic rings. The van der Waals surface area contributed by atoms with Gasteiger partial charge in [-0.15, -0.1) is 0 Å². The lowest BCUT2D eigenvalue weighted by Gasteiger charge is -2.22. The van der Waals surface area contributed by atoms with Crippen molar-refractivity contribution in [1.29, 1.82) is 0 Å². The highest BCUT2D eigenvalue weighted by atomic mass is 35.5.